The summed E-state index contributed by atoms with van der Waals surface area (Å²) in [6.07, 6.45) is 3.81. The van der Waals surface area contributed by atoms with E-state index in [1.807, 2.05) is 26.0 Å². The summed E-state index contributed by atoms with van der Waals surface area (Å²) in [5.74, 6) is -1.65. The van der Waals surface area contributed by atoms with Crippen molar-refractivity contribution < 1.29 is 23.9 Å². The van der Waals surface area contributed by atoms with Crippen LogP contribution in [-0.2, 0) is 31.9 Å². The van der Waals surface area contributed by atoms with Gasteiger partial charge in [0.2, 0.25) is 0 Å². The van der Waals surface area contributed by atoms with Gasteiger partial charge in [0.15, 0.2) is 6.61 Å². The molecule has 0 bridgehead atoms. The molecule has 0 saturated heterocycles. The second kappa shape index (κ2) is 8.65. The third-order valence-electron chi connectivity index (χ3n) is 4.65. The summed E-state index contributed by atoms with van der Waals surface area (Å²) in [6, 6.07) is 4.75. The van der Waals surface area contributed by atoms with Crippen LogP contribution < -0.4 is 5.32 Å². The van der Waals surface area contributed by atoms with Crippen molar-refractivity contribution in [2.75, 3.05) is 13.7 Å². The number of fused-ring (bicyclic) bond motifs is 1. The van der Waals surface area contributed by atoms with E-state index in [2.05, 4.69) is 5.32 Å². The molecule has 2 atom stereocenters. The van der Waals surface area contributed by atoms with Gasteiger partial charge >= 0.3 is 11.9 Å². The maximum absolute atomic E-state index is 12.1. The summed E-state index contributed by atoms with van der Waals surface area (Å²) in [5, 5.41) is 2.58. The van der Waals surface area contributed by atoms with Gasteiger partial charge in [-0.1, -0.05) is 26.3 Å². The molecule has 25 heavy (non-hydrogen) atoms. The number of amides is 1. The number of hydrogen-bond acceptors (Lipinski definition) is 5. The molecule has 1 aromatic carbocycles. The van der Waals surface area contributed by atoms with Crippen LogP contribution in [0.3, 0.4) is 0 Å². The Morgan fingerprint density at radius 3 is 2.60 bits per heavy atom. The second-order valence-corrected chi connectivity index (χ2v) is 6.37. The van der Waals surface area contributed by atoms with Gasteiger partial charge in [0, 0.05) is 0 Å². The number of nitrogens with one attached hydrogen (secondary N) is 1. The van der Waals surface area contributed by atoms with Crippen LogP contribution in [0.5, 0.6) is 0 Å². The van der Waals surface area contributed by atoms with E-state index in [1.54, 1.807) is 6.07 Å². The number of esters is 2. The van der Waals surface area contributed by atoms with E-state index < -0.39 is 30.5 Å². The van der Waals surface area contributed by atoms with Gasteiger partial charge in [-0.15, -0.1) is 0 Å². The van der Waals surface area contributed by atoms with Crippen molar-refractivity contribution >= 4 is 17.8 Å². The van der Waals surface area contributed by atoms with E-state index in [9.17, 15) is 14.4 Å². The third kappa shape index (κ3) is 4.81. The molecule has 1 aliphatic carbocycles. The lowest BCUT2D eigenvalue weighted by Gasteiger charge is -2.21. The maximum Gasteiger partial charge on any atom is 0.338 e. The molecule has 0 spiro atoms. The minimum atomic E-state index is -0.749. The average Bonchev–Trinajstić information content (AvgIpc) is 3.10. The first-order valence-corrected chi connectivity index (χ1v) is 8.62. The number of carbonyl (C=O) groups excluding carboxylic acids is 3. The van der Waals surface area contributed by atoms with Crippen molar-refractivity contribution in [3.05, 3.63) is 34.9 Å². The molecule has 0 radical (unpaired) electrons. The van der Waals surface area contributed by atoms with E-state index in [0.29, 0.717) is 12.0 Å². The van der Waals surface area contributed by atoms with Crippen LogP contribution in [0.15, 0.2) is 18.2 Å². The van der Waals surface area contributed by atoms with E-state index in [1.165, 1.54) is 18.2 Å². The van der Waals surface area contributed by atoms with Crippen LogP contribution in [0, 0.1) is 5.92 Å². The first-order valence-electron chi connectivity index (χ1n) is 8.62. The predicted octanol–water partition coefficient (Wildman–Crippen LogP) is 2.04. The maximum atomic E-state index is 12.1. The fraction of sp³-hybridized carbons (Fsp3) is 0.526. The number of benzene rings is 1. The van der Waals surface area contributed by atoms with Crippen LogP contribution in [0.2, 0.25) is 0 Å². The van der Waals surface area contributed by atoms with Crippen molar-refractivity contribution in [3.63, 3.8) is 0 Å². The summed E-state index contributed by atoms with van der Waals surface area (Å²) in [5.41, 5.74) is 2.88. The Morgan fingerprint density at radius 1 is 1.20 bits per heavy atom. The quantitative estimate of drug-likeness (QED) is 0.763. The lowest BCUT2D eigenvalue weighted by molar-refractivity contribution is -0.147. The zero-order chi connectivity index (χ0) is 18.4. The summed E-state index contributed by atoms with van der Waals surface area (Å²) in [6.45, 7) is 3.33. The average molecular weight is 347 g/mol. The van der Waals surface area contributed by atoms with Crippen molar-refractivity contribution in [1.29, 1.82) is 0 Å². The largest absolute Gasteiger partial charge is 0.467 e. The predicted molar refractivity (Wildman–Crippen MR) is 92.2 cm³/mol. The van der Waals surface area contributed by atoms with E-state index >= 15 is 0 Å². The molecule has 1 aliphatic rings. The minimum absolute atomic E-state index is 0.0798. The highest BCUT2D eigenvalue weighted by Crippen LogP contribution is 2.23. The van der Waals surface area contributed by atoms with Gasteiger partial charge in [-0.05, 0) is 48.4 Å². The summed E-state index contributed by atoms with van der Waals surface area (Å²) >= 11 is 0. The van der Waals surface area contributed by atoms with Gasteiger partial charge in [-0.2, -0.15) is 0 Å². The first kappa shape index (κ1) is 19.0. The molecule has 1 N–H and O–H groups in total. The number of carbonyl (C=O) groups is 3. The number of methoxy groups -OCH3 is 1. The molecular weight excluding hydrogens is 322 g/mol. The molecular formula is C19H25NO5. The van der Waals surface area contributed by atoms with Crippen molar-refractivity contribution in [1.82, 2.24) is 5.32 Å². The Bertz CT molecular complexity index is 655. The number of rotatable bonds is 7. The standard InChI is InChI=1S/C19H25NO5/c1-4-12(2)17(19(23)24-3)20-16(21)11-25-18(22)15-9-8-13-6-5-7-14(13)10-15/h8-10,12,17H,4-7,11H2,1-3H3,(H,20,21)/t12-,17-/m0/s1. The zero-order valence-corrected chi connectivity index (χ0v) is 15.0. The summed E-state index contributed by atoms with van der Waals surface area (Å²) < 4.78 is 9.79. The van der Waals surface area contributed by atoms with Crippen LogP contribution in [-0.4, -0.2) is 37.6 Å². The highest BCUT2D eigenvalue weighted by Gasteiger charge is 2.27. The Balaban J connectivity index is 1.90. The van der Waals surface area contributed by atoms with Crippen LogP contribution >= 0.6 is 0 Å². The zero-order valence-electron chi connectivity index (χ0n) is 15.0. The van der Waals surface area contributed by atoms with Crippen LogP contribution in [0.1, 0.15) is 48.2 Å². The SMILES string of the molecule is CC[C@H](C)[C@H](NC(=O)COC(=O)c1ccc2c(c1)CCC2)C(=O)OC. The van der Waals surface area contributed by atoms with Crippen LogP contribution in [0.4, 0.5) is 0 Å². The molecule has 0 saturated carbocycles. The third-order valence-corrected chi connectivity index (χ3v) is 4.65. The van der Waals surface area contributed by atoms with Gasteiger partial charge in [-0.3, -0.25) is 4.79 Å². The van der Waals surface area contributed by atoms with Crippen LogP contribution in [0.25, 0.3) is 0 Å². The molecule has 1 amide bonds. The molecule has 0 unspecified atom stereocenters. The minimum Gasteiger partial charge on any atom is -0.467 e. The molecule has 136 valence electrons. The van der Waals surface area contributed by atoms with E-state index in [-0.39, 0.29) is 5.92 Å². The van der Waals surface area contributed by atoms with Gasteiger partial charge in [0.05, 0.1) is 12.7 Å². The molecule has 0 aliphatic heterocycles. The van der Waals surface area contributed by atoms with E-state index in [4.69, 9.17) is 9.47 Å². The number of aryl methyl sites for hydroxylation is 2. The molecule has 2 rings (SSSR count). The highest BCUT2D eigenvalue weighted by atomic mass is 16.5. The molecule has 6 nitrogen and oxygen atoms in total. The smallest absolute Gasteiger partial charge is 0.338 e. The lowest BCUT2D eigenvalue weighted by atomic mass is 9.99. The second-order valence-electron chi connectivity index (χ2n) is 6.37. The number of hydrogen-bond donors (Lipinski definition) is 1. The fourth-order valence-electron chi connectivity index (χ4n) is 2.92. The first-order chi connectivity index (χ1) is 12.0. The monoisotopic (exact) mass is 347 g/mol. The Labute approximate surface area is 147 Å². The summed E-state index contributed by atoms with van der Waals surface area (Å²) in [4.78, 5) is 35.9. The van der Waals surface area contributed by atoms with Crippen molar-refractivity contribution in [2.24, 2.45) is 5.92 Å². The van der Waals surface area contributed by atoms with Gasteiger partial charge in [0.25, 0.3) is 5.91 Å². The topological polar surface area (TPSA) is 81.7 Å². The molecule has 0 aromatic heterocycles. The fourth-order valence-corrected chi connectivity index (χ4v) is 2.92. The lowest BCUT2D eigenvalue weighted by Crippen LogP contribution is -2.47. The van der Waals surface area contributed by atoms with Gasteiger partial charge < -0.3 is 14.8 Å². The number of ether oxygens (including phenoxy) is 2. The normalized spacial score (nSPS) is 15.0. The highest BCUT2D eigenvalue weighted by molar-refractivity contribution is 5.92. The molecule has 0 heterocycles. The Kier molecular flexibility index (Phi) is 6.56. The van der Waals surface area contributed by atoms with Gasteiger partial charge in [0.1, 0.15) is 6.04 Å². The van der Waals surface area contributed by atoms with Crippen molar-refractivity contribution in [2.45, 2.75) is 45.6 Å². The summed E-state index contributed by atoms with van der Waals surface area (Å²) in [7, 11) is 1.28. The Hall–Kier alpha value is -2.37. The Morgan fingerprint density at radius 2 is 1.92 bits per heavy atom. The molecule has 1 aromatic rings. The van der Waals surface area contributed by atoms with E-state index in [0.717, 1.165) is 19.3 Å². The van der Waals surface area contributed by atoms with Crippen molar-refractivity contribution in [3.8, 4) is 0 Å². The van der Waals surface area contributed by atoms with Gasteiger partial charge in [-0.25, -0.2) is 9.59 Å². The molecule has 0 fully saturated rings. The molecule has 6 heteroatoms.